The van der Waals surface area contributed by atoms with Crippen molar-refractivity contribution in [2.24, 2.45) is 0 Å². The quantitative estimate of drug-likeness (QED) is 0.458. The van der Waals surface area contributed by atoms with Crippen molar-refractivity contribution in [2.75, 3.05) is 6.61 Å². The largest absolute Gasteiger partial charge is 0.479 e. The van der Waals surface area contributed by atoms with Gasteiger partial charge in [-0.25, -0.2) is 9.78 Å². The summed E-state index contributed by atoms with van der Waals surface area (Å²) in [6, 6.07) is 15.6. The Hall–Kier alpha value is -2.59. The average molecular weight is 370 g/mol. The third-order valence-corrected chi connectivity index (χ3v) is 4.31. The van der Waals surface area contributed by atoms with Crippen LogP contribution in [0.2, 0.25) is 5.15 Å². The molecule has 0 saturated heterocycles. The number of rotatable bonds is 5. The Morgan fingerprint density at radius 2 is 1.92 bits per heavy atom. The summed E-state index contributed by atoms with van der Waals surface area (Å²) in [5, 5.41) is 1.38. The van der Waals surface area contributed by atoms with Crippen LogP contribution in [0.25, 0.3) is 22.0 Å². The lowest BCUT2D eigenvalue weighted by Gasteiger charge is -2.15. The van der Waals surface area contributed by atoms with Crippen molar-refractivity contribution in [2.45, 2.75) is 26.9 Å². The van der Waals surface area contributed by atoms with Gasteiger partial charge in [0.1, 0.15) is 10.9 Å². The molecule has 1 atom stereocenters. The van der Waals surface area contributed by atoms with Gasteiger partial charge in [0.15, 0.2) is 6.10 Å². The minimum absolute atomic E-state index is 0.321. The number of carbonyl (C=O) groups is 1. The van der Waals surface area contributed by atoms with Crippen molar-refractivity contribution in [1.29, 1.82) is 0 Å². The SMILES string of the molecule is CCOC(=O)[C@@H](C)Oc1ccc2c(-c3ccccc3C)cc(Cl)nc2c1. The summed E-state index contributed by atoms with van der Waals surface area (Å²) in [4.78, 5) is 16.2. The van der Waals surface area contributed by atoms with Crippen LogP contribution >= 0.6 is 11.6 Å². The minimum Gasteiger partial charge on any atom is -0.479 e. The monoisotopic (exact) mass is 369 g/mol. The van der Waals surface area contributed by atoms with Gasteiger partial charge in [-0.05, 0) is 55.7 Å². The first-order valence-electron chi connectivity index (χ1n) is 8.49. The Kier molecular flexibility index (Phi) is 5.43. The van der Waals surface area contributed by atoms with E-state index in [9.17, 15) is 4.79 Å². The molecule has 0 aliphatic carbocycles. The van der Waals surface area contributed by atoms with Gasteiger partial charge in [-0.2, -0.15) is 0 Å². The molecule has 0 aliphatic rings. The van der Waals surface area contributed by atoms with Crippen molar-refractivity contribution in [3.63, 3.8) is 0 Å². The standard InChI is InChI=1S/C21H20ClNO3/c1-4-25-21(24)14(3)26-15-9-10-17-18(12-20(22)23-19(17)11-15)16-8-6-5-7-13(16)2/h5-12,14H,4H2,1-3H3/t14-/m1/s1. The maximum absolute atomic E-state index is 11.8. The summed E-state index contributed by atoms with van der Waals surface area (Å²) in [5.41, 5.74) is 4.00. The molecule has 0 fully saturated rings. The Bertz CT molecular complexity index is 955. The molecule has 0 N–H and O–H groups in total. The van der Waals surface area contributed by atoms with Gasteiger partial charge in [-0.15, -0.1) is 0 Å². The van der Waals surface area contributed by atoms with E-state index in [0.717, 1.165) is 22.1 Å². The second-order valence-electron chi connectivity index (χ2n) is 6.00. The van der Waals surface area contributed by atoms with E-state index in [1.54, 1.807) is 19.9 Å². The van der Waals surface area contributed by atoms with Gasteiger partial charge in [-0.3, -0.25) is 0 Å². The van der Waals surface area contributed by atoms with Gasteiger partial charge in [-0.1, -0.05) is 35.9 Å². The lowest BCUT2D eigenvalue weighted by atomic mass is 9.97. The minimum atomic E-state index is -0.692. The second kappa shape index (κ2) is 7.75. The van der Waals surface area contributed by atoms with Crippen LogP contribution in [0.15, 0.2) is 48.5 Å². The van der Waals surface area contributed by atoms with Crippen LogP contribution in [-0.4, -0.2) is 23.7 Å². The van der Waals surface area contributed by atoms with E-state index < -0.39 is 12.1 Å². The van der Waals surface area contributed by atoms with E-state index in [4.69, 9.17) is 21.1 Å². The summed E-state index contributed by atoms with van der Waals surface area (Å²) in [7, 11) is 0. The number of aromatic nitrogens is 1. The summed E-state index contributed by atoms with van der Waals surface area (Å²) >= 11 is 6.25. The van der Waals surface area contributed by atoms with E-state index in [2.05, 4.69) is 24.0 Å². The Morgan fingerprint density at radius 3 is 2.65 bits per heavy atom. The highest BCUT2D eigenvalue weighted by Gasteiger charge is 2.16. The number of nitrogens with zero attached hydrogens (tertiary/aromatic N) is 1. The Labute approximate surface area is 157 Å². The number of pyridine rings is 1. The van der Waals surface area contributed by atoms with E-state index in [-0.39, 0.29) is 0 Å². The van der Waals surface area contributed by atoms with Crippen LogP contribution in [0.5, 0.6) is 5.75 Å². The van der Waals surface area contributed by atoms with Gasteiger partial charge in [0.25, 0.3) is 0 Å². The highest BCUT2D eigenvalue weighted by Crippen LogP contribution is 2.33. The molecular weight excluding hydrogens is 350 g/mol. The molecule has 3 rings (SSSR count). The zero-order chi connectivity index (χ0) is 18.7. The zero-order valence-electron chi connectivity index (χ0n) is 15.0. The predicted molar refractivity (Wildman–Crippen MR) is 104 cm³/mol. The smallest absolute Gasteiger partial charge is 0.347 e. The third-order valence-electron chi connectivity index (χ3n) is 4.12. The fourth-order valence-corrected chi connectivity index (χ4v) is 3.06. The zero-order valence-corrected chi connectivity index (χ0v) is 15.7. The van der Waals surface area contributed by atoms with Crippen LogP contribution in [0, 0.1) is 6.92 Å². The number of aryl methyl sites for hydroxylation is 1. The van der Waals surface area contributed by atoms with E-state index in [0.29, 0.717) is 23.0 Å². The average Bonchev–Trinajstić information content (AvgIpc) is 2.61. The Balaban J connectivity index is 2.01. The highest BCUT2D eigenvalue weighted by molar-refractivity contribution is 6.30. The normalized spacial score (nSPS) is 12.0. The molecule has 0 radical (unpaired) electrons. The number of benzene rings is 2. The molecule has 0 saturated carbocycles. The fraction of sp³-hybridized carbons (Fsp3) is 0.238. The molecule has 0 unspecified atom stereocenters. The predicted octanol–water partition coefficient (Wildman–Crippen LogP) is 5.19. The number of fused-ring (bicyclic) bond motifs is 1. The molecule has 3 aromatic rings. The first-order valence-corrected chi connectivity index (χ1v) is 8.87. The Morgan fingerprint density at radius 1 is 1.15 bits per heavy atom. The summed E-state index contributed by atoms with van der Waals surface area (Å²) in [6.07, 6.45) is -0.692. The van der Waals surface area contributed by atoms with Crippen molar-refractivity contribution in [3.8, 4) is 16.9 Å². The molecule has 5 heteroatoms. The molecule has 4 nitrogen and oxygen atoms in total. The van der Waals surface area contributed by atoms with Gasteiger partial charge < -0.3 is 9.47 Å². The number of ether oxygens (including phenoxy) is 2. The molecule has 1 heterocycles. The first kappa shape index (κ1) is 18.2. The van der Waals surface area contributed by atoms with Crippen molar-refractivity contribution < 1.29 is 14.3 Å². The summed E-state index contributed by atoms with van der Waals surface area (Å²) in [6.45, 7) is 5.81. The highest BCUT2D eigenvalue weighted by atomic mass is 35.5. The fourth-order valence-electron chi connectivity index (χ4n) is 2.86. The summed E-state index contributed by atoms with van der Waals surface area (Å²) in [5.74, 6) is 0.149. The lowest BCUT2D eigenvalue weighted by Crippen LogP contribution is -2.26. The molecule has 1 aromatic heterocycles. The van der Waals surface area contributed by atoms with Gasteiger partial charge in [0, 0.05) is 11.5 Å². The molecule has 2 aromatic carbocycles. The van der Waals surface area contributed by atoms with E-state index >= 15 is 0 Å². The topological polar surface area (TPSA) is 48.4 Å². The maximum Gasteiger partial charge on any atom is 0.347 e. The number of halogens is 1. The van der Waals surface area contributed by atoms with Gasteiger partial charge in [0.2, 0.25) is 0 Å². The van der Waals surface area contributed by atoms with E-state index in [1.807, 2.05) is 30.3 Å². The number of esters is 1. The molecule has 0 spiro atoms. The van der Waals surface area contributed by atoms with Crippen LogP contribution in [0.1, 0.15) is 19.4 Å². The molecular formula is C21H20ClNO3. The second-order valence-corrected chi connectivity index (χ2v) is 6.39. The molecule has 0 bridgehead atoms. The van der Waals surface area contributed by atoms with Gasteiger partial charge >= 0.3 is 5.97 Å². The van der Waals surface area contributed by atoms with Crippen LogP contribution in [0.3, 0.4) is 0 Å². The van der Waals surface area contributed by atoms with Crippen molar-refractivity contribution in [1.82, 2.24) is 4.98 Å². The third kappa shape index (κ3) is 3.81. The molecule has 26 heavy (non-hydrogen) atoms. The molecule has 0 amide bonds. The first-order chi connectivity index (χ1) is 12.5. The number of hydrogen-bond acceptors (Lipinski definition) is 4. The molecule has 0 aliphatic heterocycles. The summed E-state index contributed by atoms with van der Waals surface area (Å²) < 4.78 is 10.7. The number of carbonyl (C=O) groups excluding carboxylic acids is 1. The van der Waals surface area contributed by atoms with Gasteiger partial charge in [0.05, 0.1) is 12.1 Å². The van der Waals surface area contributed by atoms with Crippen LogP contribution in [0.4, 0.5) is 0 Å². The lowest BCUT2D eigenvalue weighted by molar-refractivity contribution is -0.150. The van der Waals surface area contributed by atoms with E-state index in [1.165, 1.54) is 0 Å². The maximum atomic E-state index is 11.8. The van der Waals surface area contributed by atoms with Crippen molar-refractivity contribution in [3.05, 3.63) is 59.2 Å². The van der Waals surface area contributed by atoms with Crippen LogP contribution < -0.4 is 4.74 Å². The number of hydrogen-bond donors (Lipinski definition) is 0. The van der Waals surface area contributed by atoms with Crippen molar-refractivity contribution >= 4 is 28.5 Å². The van der Waals surface area contributed by atoms with Crippen LogP contribution in [-0.2, 0) is 9.53 Å². The molecule has 134 valence electrons.